The number of benzene rings is 1. The van der Waals surface area contributed by atoms with Gasteiger partial charge in [0.15, 0.2) is 5.76 Å². The van der Waals surface area contributed by atoms with Crippen molar-refractivity contribution < 1.29 is 19.1 Å². The van der Waals surface area contributed by atoms with Gasteiger partial charge in [-0.3, -0.25) is 9.59 Å². The topological polar surface area (TPSA) is 91.6 Å². The first-order chi connectivity index (χ1) is 11.5. The summed E-state index contributed by atoms with van der Waals surface area (Å²) in [7, 11) is 0. The van der Waals surface area contributed by atoms with Crippen LogP contribution in [0.2, 0.25) is 0 Å². The summed E-state index contributed by atoms with van der Waals surface area (Å²) in [4.78, 5) is 24.6. The zero-order chi connectivity index (χ0) is 17.5. The second kappa shape index (κ2) is 8.44. The van der Waals surface area contributed by atoms with Crippen molar-refractivity contribution >= 4 is 29.3 Å². The van der Waals surface area contributed by atoms with Gasteiger partial charge < -0.3 is 20.2 Å². The van der Waals surface area contributed by atoms with Crippen LogP contribution in [-0.4, -0.2) is 35.0 Å². The Morgan fingerprint density at radius 3 is 2.75 bits per heavy atom. The molecule has 6 nitrogen and oxygen atoms in total. The fourth-order valence-corrected chi connectivity index (χ4v) is 2.58. The number of thioether (sulfide) groups is 1. The van der Waals surface area contributed by atoms with Crippen LogP contribution in [-0.2, 0) is 4.79 Å². The van der Waals surface area contributed by atoms with E-state index in [1.165, 1.54) is 12.3 Å². The normalized spacial score (nSPS) is 11.8. The van der Waals surface area contributed by atoms with Crippen LogP contribution in [0.15, 0.2) is 41.0 Å². The molecular weight excluding hydrogens is 328 g/mol. The molecule has 24 heavy (non-hydrogen) atoms. The maximum Gasteiger partial charge on any atom is 0.287 e. The Hall–Kier alpha value is -2.41. The molecule has 0 aliphatic rings. The van der Waals surface area contributed by atoms with E-state index in [9.17, 15) is 14.7 Å². The van der Waals surface area contributed by atoms with E-state index in [0.29, 0.717) is 17.9 Å². The minimum atomic E-state index is -0.726. The van der Waals surface area contributed by atoms with Gasteiger partial charge in [0.1, 0.15) is 11.8 Å². The van der Waals surface area contributed by atoms with Gasteiger partial charge in [0.2, 0.25) is 5.91 Å². The first kappa shape index (κ1) is 17.9. The molecule has 2 amide bonds. The molecule has 0 saturated carbocycles. The molecule has 1 unspecified atom stereocenters. The molecule has 2 aromatic rings. The van der Waals surface area contributed by atoms with Crippen LogP contribution in [0, 0.1) is 6.92 Å². The molecule has 2 rings (SSSR count). The van der Waals surface area contributed by atoms with Gasteiger partial charge in [-0.2, -0.15) is 11.8 Å². The number of carbonyl (C=O) groups is 2. The van der Waals surface area contributed by atoms with Crippen LogP contribution < -0.4 is 10.6 Å². The summed E-state index contributed by atoms with van der Waals surface area (Å²) in [6.45, 7) is 1.84. The Balaban J connectivity index is 2.08. The van der Waals surface area contributed by atoms with E-state index in [-0.39, 0.29) is 17.4 Å². The fraction of sp³-hybridized carbons (Fsp3) is 0.294. The maximum absolute atomic E-state index is 12.5. The third-order valence-corrected chi connectivity index (χ3v) is 4.03. The van der Waals surface area contributed by atoms with Gasteiger partial charge in [-0.05, 0) is 55.2 Å². The minimum absolute atomic E-state index is 0.00988. The highest BCUT2D eigenvalue weighted by Crippen LogP contribution is 2.24. The molecule has 0 aliphatic carbocycles. The van der Waals surface area contributed by atoms with Gasteiger partial charge in [0.05, 0.1) is 12.0 Å². The summed E-state index contributed by atoms with van der Waals surface area (Å²) in [6, 6.07) is 7.39. The monoisotopic (exact) mass is 348 g/mol. The lowest BCUT2D eigenvalue weighted by Gasteiger charge is -2.18. The van der Waals surface area contributed by atoms with Crippen LogP contribution >= 0.6 is 11.8 Å². The number of amides is 2. The van der Waals surface area contributed by atoms with Crippen molar-refractivity contribution in [2.24, 2.45) is 0 Å². The zero-order valence-corrected chi connectivity index (χ0v) is 14.4. The van der Waals surface area contributed by atoms with Gasteiger partial charge in [0.25, 0.3) is 5.91 Å². The first-order valence-corrected chi connectivity index (χ1v) is 8.84. The van der Waals surface area contributed by atoms with E-state index in [2.05, 4.69) is 10.6 Å². The van der Waals surface area contributed by atoms with Crippen molar-refractivity contribution in [1.29, 1.82) is 0 Å². The third kappa shape index (κ3) is 4.79. The van der Waals surface area contributed by atoms with Crippen molar-refractivity contribution in [2.45, 2.75) is 19.4 Å². The van der Waals surface area contributed by atoms with Crippen molar-refractivity contribution in [3.8, 4) is 5.75 Å². The molecule has 0 spiro atoms. The molecule has 1 aromatic carbocycles. The smallest absolute Gasteiger partial charge is 0.287 e. The van der Waals surface area contributed by atoms with Crippen LogP contribution in [0.25, 0.3) is 0 Å². The summed E-state index contributed by atoms with van der Waals surface area (Å²) in [5.74, 6) is 0.00750. The molecule has 0 bridgehead atoms. The summed E-state index contributed by atoms with van der Waals surface area (Å²) in [5, 5.41) is 15.2. The average Bonchev–Trinajstić information content (AvgIpc) is 3.08. The molecule has 0 saturated heterocycles. The molecule has 128 valence electrons. The minimum Gasteiger partial charge on any atom is -0.506 e. The van der Waals surface area contributed by atoms with Crippen LogP contribution in [0.1, 0.15) is 22.5 Å². The third-order valence-electron chi connectivity index (χ3n) is 3.39. The number of carbonyl (C=O) groups excluding carboxylic acids is 2. The molecule has 7 heteroatoms. The largest absolute Gasteiger partial charge is 0.506 e. The number of furan rings is 1. The lowest BCUT2D eigenvalue weighted by atomic mass is 10.1. The van der Waals surface area contributed by atoms with Crippen molar-refractivity contribution in [3.05, 3.63) is 47.9 Å². The average molecular weight is 348 g/mol. The van der Waals surface area contributed by atoms with Crippen LogP contribution in [0.4, 0.5) is 5.69 Å². The van der Waals surface area contributed by atoms with Gasteiger partial charge in [-0.1, -0.05) is 6.07 Å². The Labute approximate surface area is 144 Å². The SMILES string of the molecule is CSCCC(NC(=O)c1ccco1)C(=O)Nc1ccc(C)cc1O. The number of aryl methyl sites for hydroxylation is 1. The van der Waals surface area contributed by atoms with Crippen LogP contribution in [0.5, 0.6) is 5.75 Å². The zero-order valence-electron chi connectivity index (χ0n) is 13.5. The molecular formula is C17H20N2O4S. The van der Waals surface area contributed by atoms with E-state index in [1.54, 1.807) is 36.0 Å². The number of phenols is 1. The van der Waals surface area contributed by atoms with E-state index in [0.717, 1.165) is 5.56 Å². The maximum atomic E-state index is 12.5. The number of aromatic hydroxyl groups is 1. The summed E-state index contributed by atoms with van der Waals surface area (Å²) < 4.78 is 5.04. The fourth-order valence-electron chi connectivity index (χ4n) is 2.11. The molecule has 0 radical (unpaired) electrons. The van der Waals surface area contributed by atoms with Gasteiger partial charge in [-0.15, -0.1) is 0 Å². The number of nitrogens with one attached hydrogen (secondary N) is 2. The van der Waals surface area contributed by atoms with Crippen molar-refractivity contribution in [2.75, 3.05) is 17.3 Å². The number of phenolic OH excluding ortho intramolecular Hbond substituents is 1. The highest BCUT2D eigenvalue weighted by molar-refractivity contribution is 7.98. The predicted molar refractivity (Wildman–Crippen MR) is 94.4 cm³/mol. The lowest BCUT2D eigenvalue weighted by Crippen LogP contribution is -2.44. The van der Waals surface area contributed by atoms with E-state index in [1.807, 2.05) is 13.2 Å². The quantitative estimate of drug-likeness (QED) is 0.669. The lowest BCUT2D eigenvalue weighted by molar-refractivity contribution is -0.118. The van der Waals surface area contributed by atoms with E-state index < -0.39 is 11.9 Å². The standard InChI is InChI=1S/C17H20N2O4S/c1-11-5-6-12(14(20)10-11)18-16(21)13(7-9-24-2)19-17(22)15-4-3-8-23-15/h3-6,8,10,13,20H,7,9H2,1-2H3,(H,18,21)(H,19,22). The molecule has 3 N–H and O–H groups in total. The predicted octanol–water partition coefficient (Wildman–Crippen LogP) is 2.78. The highest BCUT2D eigenvalue weighted by atomic mass is 32.2. The second-order valence-corrected chi connectivity index (χ2v) is 6.28. The van der Waals surface area contributed by atoms with E-state index >= 15 is 0 Å². The number of anilines is 1. The van der Waals surface area contributed by atoms with Crippen LogP contribution in [0.3, 0.4) is 0 Å². The van der Waals surface area contributed by atoms with E-state index in [4.69, 9.17) is 4.42 Å². The molecule has 0 fully saturated rings. The highest BCUT2D eigenvalue weighted by Gasteiger charge is 2.23. The molecule has 1 atom stereocenters. The van der Waals surface area contributed by atoms with Gasteiger partial charge >= 0.3 is 0 Å². The summed E-state index contributed by atoms with van der Waals surface area (Å²) >= 11 is 1.58. The first-order valence-electron chi connectivity index (χ1n) is 7.45. The number of hydrogen-bond acceptors (Lipinski definition) is 5. The Kier molecular flexibility index (Phi) is 6.31. The molecule has 1 aromatic heterocycles. The summed E-state index contributed by atoms with van der Waals surface area (Å²) in [5.41, 5.74) is 1.20. The summed E-state index contributed by atoms with van der Waals surface area (Å²) in [6.07, 6.45) is 3.79. The van der Waals surface area contributed by atoms with Crippen molar-refractivity contribution in [1.82, 2.24) is 5.32 Å². The molecule has 0 aliphatic heterocycles. The van der Waals surface area contributed by atoms with Gasteiger partial charge in [0, 0.05) is 0 Å². The number of hydrogen-bond donors (Lipinski definition) is 3. The Morgan fingerprint density at radius 2 is 2.12 bits per heavy atom. The molecule has 1 heterocycles. The van der Waals surface area contributed by atoms with Gasteiger partial charge in [-0.25, -0.2) is 0 Å². The number of rotatable bonds is 7. The van der Waals surface area contributed by atoms with Crippen molar-refractivity contribution in [3.63, 3.8) is 0 Å². The second-order valence-electron chi connectivity index (χ2n) is 5.29. The Bertz CT molecular complexity index is 701. The Morgan fingerprint density at radius 1 is 1.33 bits per heavy atom.